The molecule has 0 radical (unpaired) electrons. The number of hydrogen-bond donors (Lipinski definition) is 0. The van der Waals surface area contributed by atoms with Gasteiger partial charge in [0.1, 0.15) is 11.3 Å². The molecule has 0 aliphatic heterocycles. The van der Waals surface area contributed by atoms with Crippen LogP contribution in [0.5, 0.6) is 0 Å². The highest BCUT2D eigenvalue weighted by Crippen LogP contribution is 2.30. The fraction of sp³-hybridized carbons (Fsp3) is 0.600. The van der Waals surface area contributed by atoms with Gasteiger partial charge in [-0.2, -0.15) is 0 Å². The van der Waals surface area contributed by atoms with Gasteiger partial charge in [0.05, 0.1) is 17.1 Å². The molecule has 0 spiro atoms. The van der Waals surface area contributed by atoms with Gasteiger partial charge in [0, 0.05) is 26.5 Å². The van der Waals surface area contributed by atoms with Crippen LogP contribution in [0.4, 0.5) is 0 Å². The summed E-state index contributed by atoms with van der Waals surface area (Å²) in [6, 6.07) is 2.00. The Labute approximate surface area is 125 Å². The fourth-order valence-corrected chi connectivity index (χ4v) is 2.52. The Morgan fingerprint density at radius 1 is 1.45 bits per heavy atom. The molecule has 0 aromatic carbocycles. The number of fused-ring (bicyclic) bond motifs is 1. The van der Waals surface area contributed by atoms with Gasteiger partial charge in [0.25, 0.3) is 0 Å². The monoisotopic (exact) mass is 295 g/mol. The molecule has 0 N–H and O–H groups in total. The Morgan fingerprint density at radius 3 is 2.85 bits per heavy atom. The normalized spacial score (nSPS) is 13.8. The van der Waals surface area contributed by atoms with E-state index in [9.17, 15) is 0 Å². The number of ether oxygens (including phenoxy) is 1. The standard InChI is InChI=1S/C15H22ClN3O/c1-11(16)14-18-12-9-17-7-5-13(12)19(14)10-15(2,3)6-8-20-4/h5,7,9,11H,6,8,10H2,1-4H3. The summed E-state index contributed by atoms with van der Waals surface area (Å²) >= 11 is 6.28. The zero-order valence-electron chi connectivity index (χ0n) is 12.6. The van der Waals surface area contributed by atoms with Gasteiger partial charge in [0.2, 0.25) is 0 Å². The number of pyridine rings is 1. The third-order valence-corrected chi connectivity index (χ3v) is 3.70. The summed E-state index contributed by atoms with van der Waals surface area (Å²) in [6.07, 6.45) is 4.58. The zero-order valence-corrected chi connectivity index (χ0v) is 13.3. The minimum atomic E-state index is -0.124. The number of hydrogen-bond acceptors (Lipinski definition) is 3. The van der Waals surface area contributed by atoms with E-state index in [-0.39, 0.29) is 10.8 Å². The summed E-state index contributed by atoms with van der Waals surface area (Å²) in [6.45, 7) is 8.05. The molecule has 1 atom stereocenters. The van der Waals surface area contributed by atoms with Gasteiger partial charge in [-0.05, 0) is 24.8 Å². The Morgan fingerprint density at radius 2 is 2.20 bits per heavy atom. The Balaban J connectivity index is 2.39. The first-order valence-electron chi connectivity index (χ1n) is 6.88. The maximum Gasteiger partial charge on any atom is 0.127 e. The summed E-state index contributed by atoms with van der Waals surface area (Å²) in [7, 11) is 1.74. The van der Waals surface area contributed by atoms with Crippen LogP contribution in [0, 0.1) is 5.41 Å². The van der Waals surface area contributed by atoms with E-state index >= 15 is 0 Å². The van der Waals surface area contributed by atoms with Crippen LogP contribution < -0.4 is 0 Å². The molecule has 0 bridgehead atoms. The molecule has 0 aliphatic carbocycles. The molecule has 1 unspecified atom stereocenters. The number of methoxy groups -OCH3 is 1. The van der Waals surface area contributed by atoms with Gasteiger partial charge >= 0.3 is 0 Å². The molecule has 2 aromatic rings. The molecule has 0 fully saturated rings. The SMILES string of the molecule is COCCC(C)(C)Cn1c(C(C)Cl)nc2cnccc21. The molecule has 4 nitrogen and oxygen atoms in total. The first-order chi connectivity index (χ1) is 9.44. The van der Waals surface area contributed by atoms with Gasteiger partial charge < -0.3 is 9.30 Å². The summed E-state index contributed by atoms with van der Waals surface area (Å²) in [5.74, 6) is 0.903. The number of imidazole rings is 1. The zero-order chi connectivity index (χ0) is 14.8. The van der Waals surface area contributed by atoms with E-state index in [0.717, 1.165) is 36.4 Å². The second-order valence-electron chi connectivity index (χ2n) is 5.94. The second kappa shape index (κ2) is 6.10. The third kappa shape index (κ3) is 3.30. The smallest absolute Gasteiger partial charge is 0.127 e. The van der Waals surface area contributed by atoms with Crippen molar-refractivity contribution in [2.75, 3.05) is 13.7 Å². The average molecular weight is 296 g/mol. The van der Waals surface area contributed by atoms with E-state index in [4.69, 9.17) is 16.3 Å². The summed E-state index contributed by atoms with van der Waals surface area (Å²) in [4.78, 5) is 8.75. The Hall–Kier alpha value is -1.13. The molecule has 0 amide bonds. The van der Waals surface area contributed by atoms with Crippen molar-refractivity contribution in [2.45, 2.75) is 39.1 Å². The lowest BCUT2D eigenvalue weighted by Gasteiger charge is -2.26. The molecule has 0 aliphatic rings. The van der Waals surface area contributed by atoms with Crippen molar-refractivity contribution < 1.29 is 4.74 Å². The van der Waals surface area contributed by atoms with Crippen LogP contribution in [0.3, 0.4) is 0 Å². The van der Waals surface area contributed by atoms with E-state index in [0.29, 0.717) is 0 Å². The van der Waals surface area contributed by atoms with Crippen molar-refractivity contribution in [1.82, 2.24) is 14.5 Å². The average Bonchev–Trinajstić information content (AvgIpc) is 2.75. The highest BCUT2D eigenvalue weighted by atomic mass is 35.5. The summed E-state index contributed by atoms with van der Waals surface area (Å²) < 4.78 is 7.41. The Kier molecular flexibility index (Phi) is 4.66. The van der Waals surface area contributed by atoms with Crippen LogP contribution in [-0.4, -0.2) is 28.3 Å². The van der Waals surface area contributed by atoms with E-state index in [1.165, 1.54) is 0 Å². The van der Waals surface area contributed by atoms with Crippen LogP contribution >= 0.6 is 11.6 Å². The quantitative estimate of drug-likeness (QED) is 0.761. The molecule has 0 saturated carbocycles. The predicted octanol–water partition coefficient (Wildman–Crippen LogP) is 3.79. The van der Waals surface area contributed by atoms with Crippen molar-refractivity contribution in [2.24, 2.45) is 5.41 Å². The number of aromatic nitrogens is 3. The highest BCUT2D eigenvalue weighted by Gasteiger charge is 2.23. The molecule has 2 aromatic heterocycles. The number of alkyl halides is 1. The molecular weight excluding hydrogens is 274 g/mol. The molecule has 2 rings (SSSR count). The lowest BCUT2D eigenvalue weighted by atomic mass is 9.89. The third-order valence-electron chi connectivity index (χ3n) is 3.50. The number of rotatable bonds is 6. The van der Waals surface area contributed by atoms with E-state index in [2.05, 4.69) is 28.4 Å². The molecule has 20 heavy (non-hydrogen) atoms. The number of nitrogens with zero attached hydrogens (tertiary/aromatic N) is 3. The van der Waals surface area contributed by atoms with Crippen molar-refractivity contribution in [3.05, 3.63) is 24.3 Å². The maximum absolute atomic E-state index is 6.28. The molecule has 2 heterocycles. The van der Waals surface area contributed by atoms with Gasteiger partial charge in [-0.25, -0.2) is 4.98 Å². The van der Waals surface area contributed by atoms with Crippen LogP contribution in [0.2, 0.25) is 0 Å². The van der Waals surface area contributed by atoms with E-state index in [1.807, 2.05) is 13.0 Å². The first kappa shape index (κ1) is 15.3. The minimum absolute atomic E-state index is 0.118. The summed E-state index contributed by atoms with van der Waals surface area (Å²) in [5.41, 5.74) is 2.11. The molecule has 110 valence electrons. The first-order valence-corrected chi connectivity index (χ1v) is 7.31. The largest absolute Gasteiger partial charge is 0.385 e. The molecule has 0 saturated heterocycles. The van der Waals surface area contributed by atoms with Crippen LogP contribution in [0.1, 0.15) is 38.4 Å². The molecule has 5 heteroatoms. The van der Waals surface area contributed by atoms with Gasteiger partial charge in [0.15, 0.2) is 0 Å². The molecular formula is C15H22ClN3O. The van der Waals surface area contributed by atoms with Gasteiger partial charge in [-0.15, -0.1) is 11.6 Å². The topological polar surface area (TPSA) is 39.9 Å². The predicted molar refractivity (Wildman–Crippen MR) is 82.1 cm³/mol. The van der Waals surface area contributed by atoms with Crippen molar-refractivity contribution in [3.63, 3.8) is 0 Å². The van der Waals surface area contributed by atoms with Crippen LogP contribution in [-0.2, 0) is 11.3 Å². The van der Waals surface area contributed by atoms with E-state index in [1.54, 1.807) is 19.5 Å². The highest BCUT2D eigenvalue weighted by molar-refractivity contribution is 6.20. The van der Waals surface area contributed by atoms with Crippen LogP contribution in [0.15, 0.2) is 18.5 Å². The van der Waals surface area contributed by atoms with Crippen molar-refractivity contribution in [3.8, 4) is 0 Å². The lowest BCUT2D eigenvalue weighted by Crippen LogP contribution is -2.23. The summed E-state index contributed by atoms with van der Waals surface area (Å²) in [5, 5.41) is -0.124. The van der Waals surface area contributed by atoms with Crippen molar-refractivity contribution >= 4 is 22.6 Å². The van der Waals surface area contributed by atoms with Gasteiger partial charge in [-0.1, -0.05) is 13.8 Å². The minimum Gasteiger partial charge on any atom is -0.385 e. The second-order valence-corrected chi connectivity index (χ2v) is 6.60. The van der Waals surface area contributed by atoms with Crippen LogP contribution in [0.25, 0.3) is 11.0 Å². The Bertz CT molecular complexity index is 578. The van der Waals surface area contributed by atoms with E-state index < -0.39 is 0 Å². The maximum atomic E-state index is 6.28. The van der Waals surface area contributed by atoms with Crippen molar-refractivity contribution in [1.29, 1.82) is 0 Å². The number of halogens is 1. The lowest BCUT2D eigenvalue weighted by molar-refractivity contribution is 0.142. The van der Waals surface area contributed by atoms with Gasteiger partial charge in [-0.3, -0.25) is 4.98 Å². The fourth-order valence-electron chi connectivity index (χ4n) is 2.36.